The van der Waals surface area contributed by atoms with E-state index in [1.807, 2.05) is 4.68 Å². The summed E-state index contributed by atoms with van der Waals surface area (Å²) in [4.78, 5) is 0. The van der Waals surface area contributed by atoms with E-state index < -0.39 is 0 Å². The Morgan fingerprint density at radius 3 is 2.89 bits per heavy atom. The maximum Gasteiger partial charge on any atom is 0.164 e. The van der Waals surface area contributed by atoms with E-state index >= 15 is 0 Å². The molecule has 0 aromatic carbocycles. The molecule has 18 heavy (non-hydrogen) atoms. The summed E-state index contributed by atoms with van der Waals surface area (Å²) >= 11 is 0. The summed E-state index contributed by atoms with van der Waals surface area (Å²) in [6.07, 6.45) is 6.92. The van der Waals surface area contributed by atoms with Crippen LogP contribution in [0.5, 0.6) is 5.75 Å². The van der Waals surface area contributed by atoms with Crippen molar-refractivity contribution in [1.29, 1.82) is 0 Å². The lowest BCUT2D eigenvalue weighted by molar-refractivity contribution is 0.199. The zero-order chi connectivity index (χ0) is 13.2. The minimum atomic E-state index is 0.750. The third-order valence-electron chi connectivity index (χ3n) is 2.61. The Morgan fingerprint density at radius 1 is 1.39 bits per heavy atom. The Bertz CT molecular complexity index is 340. The molecule has 0 saturated heterocycles. The van der Waals surface area contributed by atoms with Gasteiger partial charge in [0.2, 0.25) is 0 Å². The molecule has 0 saturated carbocycles. The van der Waals surface area contributed by atoms with Gasteiger partial charge in [0.1, 0.15) is 5.69 Å². The zero-order valence-corrected chi connectivity index (χ0v) is 11.5. The Balaban J connectivity index is 2.38. The molecule has 0 aliphatic rings. The molecule has 0 aliphatic heterocycles. The highest BCUT2D eigenvalue weighted by Gasteiger charge is 2.05. The van der Waals surface area contributed by atoms with E-state index in [0.717, 1.165) is 44.1 Å². The lowest BCUT2D eigenvalue weighted by atomic mass is 10.3. The number of nitrogens with one attached hydrogen (secondary N) is 1. The van der Waals surface area contributed by atoms with Crippen molar-refractivity contribution in [3.63, 3.8) is 0 Å². The lowest BCUT2D eigenvalue weighted by Gasteiger charge is -2.03. The fourth-order valence-electron chi connectivity index (χ4n) is 1.63. The monoisotopic (exact) mass is 253 g/mol. The number of aromatic nitrogens is 2. The molecule has 1 heterocycles. The number of hydrogen-bond acceptors (Lipinski definition) is 4. The van der Waals surface area contributed by atoms with E-state index in [2.05, 4.69) is 29.5 Å². The molecule has 0 radical (unpaired) electrons. The van der Waals surface area contributed by atoms with Crippen LogP contribution in [0.4, 0.5) is 0 Å². The van der Waals surface area contributed by atoms with Crippen molar-refractivity contribution in [1.82, 2.24) is 15.1 Å². The van der Waals surface area contributed by atoms with Crippen LogP contribution in [0.25, 0.3) is 6.08 Å². The summed E-state index contributed by atoms with van der Waals surface area (Å²) in [5.41, 5.74) is 1.02. The quantitative estimate of drug-likeness (QED) is 0.678. The van der Waals surface area contributed by atoms with Crippen LogP contribution in [0.1, 0.15) is 19.0 Å². The average Bonchev–Trinajstić information content (AvgIpc) is 2.79. The van der Waals surface area contributed by atoms with Gasteiger partial charge in [-0.05, 0) is 26.0 Å². The number of nitrogens with zero attached hydrogens (tertiary/aromatic N) is 2. The van der Waals surface area contributed by atoms with Crippen LogP contribution >= 0.6 is 0 Å². The molecule has 0 spiro atoms. The second-order valence-electron chi connectivity index (χ2n) is 3.85. The lowest BCUT2D eigenvalue weighted by Crippen LogP contribution is -2.19. The van der Waals surface area contributed by atoms with Crippen LogP contribution in [-0.4, -0.2) is 43.7 Å². The normalized spacial score (nSPS) is 11.3. The van der Waals surface area contributed by atoms with Crippen molar-refractivity contribution in [2.24, 2.45) is 0 Å². The predicted molar refractivity (Wildman–Crippen MR) is 72.8 cm³/mol. The summed E-state index contributed by atoms with van der Waals surface area (Å²) in [5.74, 6) is 0.820. The highest BCUT2D eigenvalue weighted by atomic mass is 16.5. The Hall–Kier alpha value is -1.33. The molecule has 5 heteroatoms. The first-order chi connectivity index (χ1) is 8.83. The Labute approximate surface area is 109 Å². The predicted octanol–water partition coefficient (Wildman–Crippen LogP) is 1.55. The van der Waals surface area contributed by atoms with Crippen molar-refractivity contribution >= 4 is 6.08 Å². The third-order valence-corrected chi connectivity index (χ3v) is 2.61. The summed E-state index contributed by atoms with van der Waals surface area (Å²) < 4.78 is 12.2. The van der Waals surface area contributed by atoms with Crippen molar-refractivity contribution in [2.45, 2.75) is 19.9 Å². The van der Waals surface area contributed by atoms with Gasteiger partial charge in [0.15, 0.2) is 5.75 Å². The van der Waals surface area contributed by atoms with Crippen molar-refractivity contribution in [3.05, 3.63) is 18.0 Å². The van der Waals surface area contributed by atoms with Crippen LogP contribution in [0, 0.1) is 0 Å². The molecular weight excluding hydrogens is 230 g/mol. The van der Waals surface area contributed by atoms with E-state index in [-0.39, 0.29) is 0 Å². The Morgan fingerprint density at radius 2 is 2.22 bits per heavy atom. The third kappa shape index (κ3) is 4.50. The number of ether oxygens (including phenoxy) is 2. The molecule has 0 aliphatic carbocycles. The molecular formula is C13H23N3O2. The van der Waals surface area contributed by atoms with Gasteiger partial charge in [-0.3, -0.25) is 4.68 Å². The molecule has 0 fully saturated rings. The van der Waals surface area contributed by atoms with E-state index in [1.54, 1.807) is 20.4 Å². The Kier molecular flexibility index (Phi) is 7.13. The van der Waals surface area contributed by atoms with Crippen molar-refractivity contribution < 1.29 is 9.47 Å². The van der Waals surface area contributed by atoms with Crippen LogP contribution in [-0.2, 0) is 11.3 Å². The second kappa shape index (κ2) is 8.72. The summed E-state index contributed by atoms with van der Waals surface area (Å²) in [7, 11) is 3.38. The van der Waals surface area contributed by atoms with Gasteiger partial charge in [-0.15, -0.1) is 0 Å². The maximum atomic E-state index is 5.27. The molecule has 0 unspecified atom stereocenters. The van der Waals surface area contributed by atoms with Gasteiger partial charge in [-0.25, -0.2) is 0 Å². The number of methoxy groups -OCH3 is 2. The molecule has 1 aromatic rings. The molecule has 1 aromatic heterocycles. The fourth-order valence-corrected chi connectivity index (χ4v) is 1.63. The minimum Gasteiger partial charge on any atom is -0.493 e. The van der Waals surface area contributed by atoms with E-state index in [0.29, 0.717) is 0 Å². The van der Waals surface area contributed by atoms with Gasteiger partial charge in [0.25, 0.3) is 0 Å². The van der Waals surface area contributed by atoms with Crippen LogP contribution in [0.2, 0.25) is 0 Å². The van der Waals surface area contributed by atoms with Crippen molar-refractivity contribution in [3.8, 4) is 5.75 Å². The first-order valence-corrected chi connectivity index (χ1v) is 6.29. The van der Waals surface area contributed by atoms with Gasteiger partial charge in [-0.1, -0.05) is 6.08 Å². The first-order valence-electron chi connectivity index (χ1n) is 6.29. The smallest absolute Gasteiger partial charge is 0.164 e. The number of rotatable bonds is 9. The van der Waals surface area contributed by atoms with Gasteiger partial charge >= 0.3 is 0 Å². The van der Waals surface area contributed by atoms with Gasteiger partial charge in [0, 0.05) is 20.2 Å². The number of hydrogen-bond donors (Lipinski definition) is 1. The summed E-state index contributed by atoms with van der Waals surface area (Å²) in [6, 6.07) is 0. The highest BCUT2D eigenvalue weighted by molar-refractivity contribution is 5.52. The minimum absolute atomic E-state index is 0.750. The molecule has 0 atom stereocenters. The van der Waals surface area contributed by atoms with Gasteiger partial charge < -0.3 is 14.8 Å². The first kappa shape index (κ1) is 14.7. The maximum absolute atomic E-state index is 5.27. The van der Waals surface area contributed by atoms with Crippen LogP contribution in [0.15, 0.2) is 12.3 Å². The second-order valence-corrected chi connectivity index (χ2v) is 3.85. The van der Waals surface area contributed by atoms with Gasteiger partial charge in [0.05, 0.1) is 19.9 Å². The highest BCUT2D eigenvalue weighted by Crippen LogP contribution is 2.18. The molecule has 5 nitrogen and oxygen atoms in total. The van der Waals surface area contributed by atoms with E-state index in [1.165, 1.54) is 0 Å². The topological polar surface area (TPSA) is 48.3 Å². The summed E-state index contributed by atoms with van der Waals surface area (Å²) in [5, 5.41) is 7.55. The summed E-state index contributed by atoms with van der Waals surface area (Å²) in [6.45, 7) is 5.49. The molecule has 1 N–H and O–H groups in total. The van der Waals surface area contributed by atoms with Crippen molar-refractivity contribution in [2.75, 3.05) is 33.9 Å². The van der Waals surface area contributed by atoms with E-state index in [9.17, 15) is 0 Å². The molecule has 0 amide bonds. The largest absolute Gasteiger partial charge is 0.493 e. The van der Waals surface area contributed by atoms with E-state index in [4.69, 9.17) is 9.47 Å². The zero-order valence-electron chi connectivity index (χ0n) is 11.5. The standard InChI is InChI=1S/C13H23N3O2/c1-4-16-12(13(18-3)11-15-16)7-5-6-8-14-9-10-17-2/h5,7,11,14H,4,6,8-10H2,1-3H3/b7-5+. The molecule has 0 bridgehead atoms. The van der Waals surface area contributed by atoms with Crippen LogP contribution < -0.4 is 10.1 Å². The van der Waals surface area contributed by atoms with Gasteiger partial charge in [-0.2, -0.15) is 5.10 Å². The molecule has 102 valence electrons. The number of aryl methyl sites for hydroxylation is 1. The fraction of sp³-hybridized carbons (Fsp3) is 0.615. The average molecular weight is 253 g/mol. The van der Waals surface area contributed by atoms with Crippen LogP contribution in [0.3, 0.4) is 0 Å². The molecule has 1 rings (SSSR count). The SMILES string of the molecule is CCn1ncc(OC)c1/C=C/CCNCCOC.